The molecule has 0 heterocycles. The van der Waals surface area contributed by atoms with Crippen LogP contribution in [0.15, 0.2) is 24.3 Å². The summed E-state index contributed by atoms with van der Waals surface area (Å²) in [6, 6.07) is 7.37. The number of anilines is 1. The van der Waals surface area contributed by atoms with Gasteiger partial charge in [0, 0.05) is 0 Å². The molecule has 0 saturated carbocycles. The number of carbonyl (C=O) groups is 1. The largest absolute Gasteiger partial charge is 0.489 e. The average Bonchev–Trinajstić information content (AvgIpc) is 2.92. The maximum Gasteiger partial charge on any atom is 0.308 e. The summed E-state index contributed by atoms with van der Waals surface area (Å²) in [4.78, 5) is 12.0. The van der Waals surface area contributed by atoms with E-state index in [0.717, 1.165) is 25.7 Å². The fourth-order valence-electron chi connectivity index (χ4n) is 3.28. The first-order chi connectivity index (χ1) is 18.7. The molecule has 1 unspecified atom stereocenters. The lowest BCUT2D eigenvalue weighted by molar-refractivity contribution is -0.150. The van der Waals surface area contributed by atoms with Crippen LogP contribution in [0.4, 0.5) is 5.69 Å². The number of ether oxygens (including phenoxy) is 8. The van der Waals surface area contributed by atoms with Crippen LogP contribution < -0.4 is 10.5 Å². The molecule has 0 bridgehead atoms. The third kappa shape index (κ3) is 19.2. The number of hydrogen-bond donors (Lipinski definition) is 1. The molecule has 0 aliphatic heterocycles. The zero-order valence-corrected chi connectivity index (χ0v) is 23.4. The van der Waals surface area contributed by atoms with Crippen molar-refractivity contribution in [3.63, 3.8) is 0 Å². The lowest BCUT2D eigenvalue weighted by Gasteiger charge is -2.13. The molecule has 0 aliphatic carbocycles. The van der Waals surface area contributed by atoms with Gasteiger partial charge in [0.2, 0.25) is 0 Å². The Hall–Kier alpha value is -1.95. The summed E-state index contributed by atoms with van der Waals surface area (Å²) in [6.45, 7) is 10.6. The normalized spacial score (nSPS) is 11.9. The molecule has 1 aromatic rings. The van der Waals surface area contributed by atoms with E-state index in [-0.39, 0.29) is 18.5 Å². The minimum atomic E-state index is -0.118. The number of para-hydroxylation sites is 2. The lowest BCUT2D eigenvalue weighted by atomic mass is 10.00. The topological polar surface area (TPSA) is 117 Å². The Labute approximate surface area is 228 Å². The van der Waals surface area contributed by atoms with E-state index in [9.17, 15) is 4.79 Å². The van der Waals surface area contributed by atoms with E-state index in [1.165, 1.54) is 0 Å². The molecule has 1 rings (SSSR count). The van der Waals surface area contributed by atoms with E-state index < -0.39 is 0 Å². The van der Waals surface area contributed by atoms with Gasteiger partial charge in [-0.15, -0.1) is 0 Å². The van der Waals surface area contributed by atoms with E-state index in [1.807, 2.05) is 25.1 Å². The molecule has 1 atom stereocenters. The molecule has 10 heteroatoms. The number of benzene rings is 1. The van der Waals surface area contributed by atoms with Crippen molar-refractivity contribution >= 4 is 11.7 Å². The molecule has 1 aromatic carbocycles. The number of unbranched alkanes of at least 4 members (excludes halogenated alkanes) is 1. The molecule has 2 N–H and O–H groups in total. The van der Waals surface area contributed by atoms with Gasteiger partial charge in [-0.1, -0.05) is 38.8 Å². The minimum absolute atomic E-state index is 0.000563. The van der Waals surface area contributed by atoms with Gasteiger partial charge >= 0.3 is 5.97 Å². The Morgan fingerprint density at radius 1 is 0.684 bits per heavy atom. The van der Waals surface area contributed by atoms with E-state index in [1.54, 1.807) is 6.07 Å². The Morgan fingerprint density at radius 2 is 1.13 bits per heavy atom. The van der Waals surface area contributed by atoms with Crippen molar-refractivity contribution in [3.05, 3.63) is 24.3 Å². The highest BCUT2D eigenvalue weighted by Crippen LogP contribution is 2.19. The van der Waals surface area contributed by atoms with E-state index >= 15 is 0 Å². The molecule has 38 heavy (non-hydrogen) atoms. The average molecular weight is 544 g/mol. The maximum absolute atomic E-state index is 12.0. The van der Waals surface area contributed by atoms with Crippen LogP contribution >= 0.6 is 0 Å². The summed E-state index contributed by atoms with van der Waals surface area (Å²) in [7, 11) is 0. The van der Waals surface area contributed by atoms with Gasteiger partial charge in [0.15, 0.2) is 0 Å². The van der Waals surface area contributed by atoms with Crippen LogP contribution in [0.25, 0.3) is 0 Å². The number of nitrogen functional groups attached to an aromatic ring is 1. The quantitative estimate of drug-likeness (QED) is 0.100. The van der Waals surface area contributed by atoms with Crippen LogP contribution in [0.3, 0.4) is 0 Å². The van der Waals surface area contributed by atoms with Crippen molar-refractivity contribution < 1.29 is 42.7 Å². The van der Waals surface area contributed by atoms with Crippen molar-refractivity contribution in [2.75, 3.05) is 98.2 Å². The van der Waals surface area contributed by atoms with Crippen molar-refractivity contribution in [3.8, 4) is 5.75 Å². The smallest absolute Gasteiger partial charge is 0.308 e. The van der Waals surface area contributed by atoms with Gasteiger partial charge < -0.3 is 43.6 Å². The van der Waals surface area contributed by atoms with Crippen LogP contribution in [-0.2, 0) is 38.0 Å². The fraction of sp³-hybridized carbons (Fsp3) is 0.750. The molecule has 0 saturated heterocycles. The maximum atomic E-state index is 12.0. The summed E-state index contributed by atoms with van der Waals surface area (Å²) >= 11 is 0. The molecule has 0 aromatic heterocycles. The predicted molar refractivity (Wildman–Crippen MR) is 146 cm³/mol. The highest BCUT2D eigenvalue weighted by molar-refractivity contribution is 5.72. The lowest BCUT2D eigenvalue weighted by Crippen LogP contribution is -2.20. The Bertz CT molecular complexity index is 677. The number of carbonyl (C=O) groups excluding carboxylic acids is 1. The Morgan fingerprint density at radius 3 is 1.58 bits per heavy atom. The number of nitrogens with two attached hydrogens (primary N) is 1. The third-order valence-corrected chi connectivity index (χ3v) is 5.47. The molecular weight excluding hydrogens is 494 g/mol. The number of rotatable bonds is 27. The zero-order chi connectivity index (χ0) is 27.5. The first-order valence-electron chi connectivity index (χ1n) is 13.8. The summed E-state index contributed by atoms with van der Waals surface area (Å²) in [6.07, 6.45) is 3.85. The van der Waals surface area contributed by atoms with Crippen molar-refractivity contribution in [2.45, 2.75) is 39.5 Å². The monoisotopic (exact) mass is 543 g/mol. The van der Waals surface area contributed by atoms with Gasteiger partial charge in [-0.3, -0.25) is 4.79 Å². The minimum Gasteiger partial charge on any atom is -0.489 e. The van der Waals surface area contributed by atoms with Gasteiger partial charge in [-0.05, 0) is 25.0 Å². The second kappa shape index (κ2) is 25.3. The van der Waals surface area contributed by atoms with Gasteiger partial charge in [0.05, 0.1) is 90.9 Å². The second-order valence-corrected chi connectivity index (χ2v) is 8.48. The van der Waals surface area contributed by atoms with Gasteiger partial charge in [-0.25, -0.2) is 0 Å². The molecule has 220 valence electrons. The van der Waals surface area contributed by atoms with Crippen LogP contribution in [0.2, 0.25) is 0 Å². The third-order valence-electron chi connectivity index (χ3n) is 5.47. The molecular formula is C28H49NO9. The van der Waals surface area contributed by atoms with Gasteiger partial charge in [0.1, 0.15) is 19.0 Å². The molecule has 0 radical (unpaired) electrons. The standard InChI is InChI=1S/C28H49NO9/c1-3-5-8-25(4-2)28(30)38-24-22-36-20-18-34-16-14-32-12-11-31-13-15-33-17-19-35-21-23-37-27-10-7-6-9-26(27)29/h6-7,9-10,25H,3-5,8,11-24,29H2,1-2H3. The summed E-state index contributed by atoms with van der Waals surface area (Å²) < 4.78 is 43.6. The number of esters is 1. The Kier molecular flexibility index (Phi) is 22.7. The SMILES string of the molecule is CCCCC(CC)C(=O)OCCOCCOCCOCCOCCOCCOCCOc1ccccc1N. The Balaban J connectivity index is 1.73. The van der Waals surface area contributed by atoms with E-state index in [2.05, 4.69) is 6.92 Å². The van der Waals surface area contributed by atoms with Crippen LogP contribution in [0.5, 0.6) is 5.75 Å². The van der Waals surface area contributed by atoms with Gasteiger partial charge in [0.25, 0.3) is 0 Å². The highest BCUT2D eigenvalue weighted by atomic mass is 16.6. The molecule has 0 amide bonds. The van der Waals surface area contributed by atoms with Crippen molar-refractivity contribution in [1.29, 1.82) is 0 Å². The fourth-order valence-corrected chi connectivity index (χ4v) is 3.28. The summed E-state index contributed by atoms with van der Waals surface area (Å²) in [5, 5.41) is 0. The molecule has 0 spiro atoms. The number of hydrogen-bond acceptors (Lipinski definition) is 10. The highest BCUT2D eigenvalue weighted by Gasteiger charge is 2.16. The molecule has 10 nitrogen and oxygen atoms in total. The second-order valence-electron chi connectivity index (χ2n) is 8.48. The van der Waals surface area contributed by atoms with Crippen molar-refractivity contribution in [1.82, 2.24) is 0 Å². The van der Waals surface area contributed by atoms with Crippen LogP contribution in [0.1, 0.15) is 39.5 Å². The zero-order valence-electron chi connectivity index (χ0n) is 23.4. The molecule has 0 fully saturated rings. The van der Waals surface area contributed by atoms with E-state index in [0.29, 0.717) is 97.3 Å². The van der Waals surface area contributed by atoms with Crippen LogP contribution in [-0.4, -0.2) is 98.5 Å². The summed E-state index contributed by atoms with van der Waals surface area (Å²) in [5.74, 6) is 0.551. The predicted octanol–water partition coefficient (Wildman–Crippen LogP) is 3.51. The van der Waals surface area contributed by atoms with E-state index in [4.69, 9.17) is 43.6 Å². The first-order valence-corrected chi connectivity index (χ1v) is 13.8. The molecule has 0 aliphatic rings. The summed E-state index contributed by atoms with van der Waals surface area (Å²) in [5.41, 5.74) is 6.42. The van der Waals surface area contributed by atoms with Gasteiger partial charge in [-0.2, -0.15) is 0 Å². The first kappa shape index (κ1) is 34.1. The van der Waals surface area contributed by atoms with Crippen LogP contribution in [0, 0.1) is 5.92 Å². The van der Waals surface area contributed by atoms with Crippen molar-refractivity contribution in [2.24, 2.45) is 5.92 Å².